The number of hydrogen-bond donors (Lipinski definition) is 1. The lowest BCUT2D eigenvalue weighted by Crippen LogP contribution is -2.54. The molecule has 2 aromatic carbocycles. The van der Waals surface area contributed by atoms with Crippen molar-refractivity contribution in [1.82, 2.24) is 10.2 Å². The minimum atomic E-state index is -0.639. The molecule has 7 heteroatoms. The molecule has 0 bridgehead atoms. The summed E-state index contributed by atoms with van der Waals surface area (Å²) in [6, 6.07) is 18.2. The molecule has 2 aromatic rings. The monoisotopic (exact) mass is 508 g/mol. The van der Waals surface area contributed by atoms with E-state index in [-0.39, 0.29) is 25.0 Å². The quantitative estimate of drug-likeness (QED) is 0.478. The third-order valence-electron chi connectivity index (χ3n) is 6.25. The molecule has 1 heterocycles. The standard InChI is InChI=1S/C30H40N2O5/c1-30(2,3)37-29(35)26(19-18-23-13-7-4-8-14-23)31-25-17-11-6-12-20-32(28(25)34)21-27(33)36-22-24-15-9-5-10-16-24/h4-5,7-10,13-16,25-26,31H,6,11-12,17-22H2,1-3H3. The molecule has 0 radical (unpaired) electrons. The fourth-order valence-electron chi connectivity index (χ4n) is 4.37. The summed E-state index contributed by atoms with van der Waals surface area (Å²) in [6.07, 6.45) is 4.42. The predicted molar refractivity (Wildman–Crippen MR) is 143 cm³/mol. The highest BCUT2D eigenvalue weighted by Gasteiger charge is 2.33. The van der Waals surface area contributed by atoms with E-state index in [9.17, 15) is 14.4 Å². The Bertz CT molecular complexity index is 1000. The second-order valence-corrected chi connectivity index (χ2v) is 10.6. The minimum absolute atomic E-state index is 0.106. The first-order valence-electron chi connectivity index (χ1n) is 13.2. The molecule has 0 aromatic heterocycles. The Morgan fingerprint density at radius 1 is 0.973 bits per heavy atom. The predicted octanol–water partition coefficient (Wildman–Crippen LogP) is 4.43. The Hall–Kier alpha value is -3.19. The highest BCUT2D eigenvalue weighted by molar-refractivity contribution is 5.87. The number of carbonyl (C=O) groups is 3. The molecular formula is C30H40N2O5. The van der Waals surface area contributed by atoms with Crippen molar-refractivity contribution < 1.29 is 23.9 Å². The van der Waals surface area contributed by atoms with Gasteiger partial charge in [-0.2, -0.15) is 0 Å². The molecular weight excluding hydrogens is 468 g/mol. The van der Waals surface area contributed by atoms with Gasteiger partial charge in [-0.3, -0.25) is 19.7 Å². The summed E-state index contributed by atoms with van der Waals surface area (Å²) in [5.74, 6) is -0.985. The molecule has 1 fully saturated rings. The number of nitrogens with one attached hydrogen (secondary N) is 1. The zero-order valence-electron chi connectivity index (χ0n) is 22.3. The molecule has 0 aliphatic carbocycles. The van der Waals surface area contributed by atoms with Crippen LogP contribution in [0.3, 0.4) is 0 Å². The summed E-state index contributed by atoms with van der Waals surface area (Å²) in [7, 11) is 0. The van der Waals surface area contributed by atoms with Gasteiger partial charge in [0, 0.05) is 6.54 Å². The fraction of sp³-hybridized carbons (Fsp3) is 0.500. The zero-order chi connectivity index (χ0) is 26.7. The first-order valence-corrected chi connectivity index (χ1v) is 13.2. The van der Waals surface area contributed by atoms with Gasteiger partial charge in [0.05, 0.1) is 6.04 Å². The summed E-state index contributed by atoms with van der Waals surface area (Å²) < 4.78 is 11.1. The van der Waals surface area contributed by atoms with Crippen LogP contribution < -0.4 is 5.32 Å². The lowest BCUT2D eigenvalue weighted by molar-refractivity contribution is -0.158. The number of nitrogens with zero attached hydrogens (tertiary/aromatic N) is 1. The van der Waals surface area contributed by atoms with E-state index in [1.807, 2.05) is 81.4 Å². The van der Waals surface area contributed by atoms with E-state index < -0.39 is 23.7 Å². The van der Waals surface area contributed by atoms with Crippen LogP contribution in [0.1, 0.15) is 64.0 Å². The highest BCUT2D eigenvalue weighted by Crippen LogP contribution is 2.17. The number of aryl methyl sites for hydroxylation is 1. The Morgan fingerprint density at radius 3 is 2.27 bits per heavy atom. The molecule has 1 amide bonds. The number of esters is 2. The van der Waals surface area contributed by atoms with E-state index in [2.05, 4.69) is 5.32 Å². The molecule has 200 valence electrons. The van der Waals surface area contributed by atoms with Crippen molar-refractivity contribution in [2.24, 2.45) is 0 Å². The lowest BCUT2D eigenvalue weighted by Gasteiger charge is -2.32. The molecule has 2 atom stereocenters. The van der Waals surface area contributed by atoms with Gasteiger partial charge in [0.15, 0.2) is 0 Å². The number of amides is 1. The molecule has 1 N–H and O–H groups in total. The maximum Gasteiger partial charge on any atom is 0.325 e. The number of benzene rings is 2. The molecule has 1 aliphatic heterocycles. The van der Waals surface area contributed by atoms with E-state index >= 15 is 0 Å². The first kappa shape index (κ1) is 28.4. The Morgan fingerprint density at radius 2 is 1.62 bits per heavy atom. The van der Waals surface area contributed by atoms with E-state index in [1.54, 1.807) is 4.90 Å². The smallest absolute Gasteiger partial charge is 0.325 e. The van der Waals surface area contributed by atoms with Gasteiger partial charge >= 0.3 is 11.9 Å². The van der Waals surface area contributed by atoms with Gasteiger partial charge < -0.3 is 14.4 Å². The topological polar surface area (TPSA) is 84.9 Å². The third kappa shape index (κ3) is 10.00. The van der Waals surface area contributed by atoms with Crippen molar-refractivity contribution in [2.45, 2.75) is 83.6 Å². The Kier molecular flexibility index (Phi) is 10.7. The van der Waals surface area contributed by atoms with Crippen LogP contribution >= 0.6 is 0 Å². The van der Waals surface area contributed by atoms with Crippen molar-refractivity contribution >= 4 is 17.8 Å². The summed E-state index contributed by atoms with van der Waals surface area (Å²) in [5, 5.41) is 3.31. The van der Waals surface area contributed by atoms with Crippen LogP contribution in [0.2, 0.25) is 0 Å². The molecule has 0 spiro atoms. The van der Waals surface area contributed by atoms with Crippen LogP contribution in [0, 0.1) is 0 Å². The van der Waals surface area contributed by atoms with Crippen LogP contribution in [0.15, 0.2) is 60.7 Å². The number of likely N-dealkylation sites (tertiary alicyclic amines) is 1. The third-order valence-corrected chi connectivity index (χ3v) is 6.25. The number of hydrogen-bond acceptors (Lipinski definition) is 6. The number of carbonyl (C=O) groups excluding carboxylic acids is 3. The van der Waals surface area contributed by atoms with Gasteiger partial charge in [0.2, 0.25) is 5.91 Å². The summed E-state index contributed by atoms with van der Waals surface area (Å²) in [6.45, 7) is 6.06. The van der Waals surface area contributed by atoms with Crippen LogP contribution in [-0.4, -0.2) is 53.5 Å². The molecule has 1 aliphatic rings. The summed E-state index contributed by atoms with van der Waals surface area (Å²) in [4.78, 5) is 40.8. The lowest BCUT2D eigenvalue weighted by atomic mass is 10.00. The van der Waals surface area contributed by atoms with Crippen molar-refractivity contribution in [3.05, 3.63) is 71.8 Å². The SMILES string of the molecule is CC(C)(C)OC(=O)C(CCc1ccccc1)NC1CCCCCN(CC(=O)OCc2ccccc2)C1=O. The molecule has 37 heavy (non-hydrogen) atoms. The average molecular weight is 509 g/mol. The summed E-state index contributed by atoms with van der Waals surface area (Å²) >= 11 is 0. The first-order chi connectivity index (χ1) is 17.7. The van der Waals surface area contributed by atoms with Crippen molar-refractivity contribution in [3.8, 4) is 0 Å². The maximum atomic E-state index is 13.5. The van der Waals surface area contributed by atoms with Crippen LogP contribution in [-0.2, 0) is 36.9 Å². The molecule has 1 saturated heterocycles. The van der Waals surface area contributed by atoms with Gasteiger partial charge in [-0.1, -0.05) is 73.5 Å². The molecule has 7 nitrogen and oxygen atoms in total. The Balaban J connectivity index is 1.66. The van der Waals surface area contributed by atoms with Crippen LogP contribution in [0.25, 0.3) is 0 Å². The minimum Gasteiger partial charge on any atom is -0.459 e. The second kappa shape index (κ2) is 13.9. The summed E-state index contributed by atoms with van der Waals surface area (Å²) in [5.41, 5.74) is 1.38. The largest absolute Gasteiger partial charge is 0.459 e. The van der Waals surface area contributed by atoms with E-state index in [4.69, 9.17) is 9.47 Å². The normalized spacial score (nSPS) is 17.4. The van der Waals surface area contributed by atoms with Gasteiger partial charge in [-0.25, -0.2) is 0 Å². The zero-order valence-corrected chi connectivity index (χ0v) is 22.3. The van der Waals surface area contributed by atoms with E-state index in [0.717, 1.165) is 30.4 Å². The number of ether oxygens (including phenoxy) is 2. The van der Waals surface area contributed by atoms with E-state index in [1.165, 1.54) is 0 Å². The Labute approximate surface area is 220 Å². The number of rotatable bonds is 10. The van der Waals surface area contributed by atoms with E-state index in [0.29, 0.717) is 25.8 Å². The van der Waals surface area contributed by atoms with Gasteiger partial charge in [0.1, 0.15) is 24.8 Å². The van der Waals surface area contributed by atoms with Gasteiger partial charge in [-0.05, 0) is 57.6 Å². The average Bonchev–Trinajstić information content (AvgIpc) is 2.86. The maximum absolute atomic E-state index is 13.5. The van der Waals surface area contributed by atoms with Gasteiger partial charge in [-0.15, -0.1) is 0 Å². The molecule has 3 rings (SSSR count). The molecule has 0 saturated carbocycles. The van der Waals surface area contributed by atoms with Crippen molar-refractivity contribution in [1.29, 1.82) is 0 Å². The fourth-order valence-corrected chi connectivity index (χ4v) is 4.37. The van der Waals surface area contributed by atoms with Crippen LogP contribution in [0.4, 0.5) is 0 Å². The highest BCUT2D eigenvalue weighted by atomic mass is 16.6. The molecule has 2 unspecified atom stereocenters. The van der Waals surface area contributed by atoms with Gasteiger partial charge in [0.25, 0.3) is 0 Å². The van der Waals surface area contributed by atoms with Crippen LogP contribution in [0.5, 0.6) is 0 Å². The van der Waals surface area contributed by atoms with Crippen molar-refractivity contribution in [3.63, 3.8) is 0 Å². The second-order valence-electron chi connectivity index (χ2n) is 10.6. The van der Waals surface area contributed by atoms with Crippen molar-refractivity contribution in [2.75, 3.05) is 13.1 Å².